The summed E-state index contributed by atoms with van der Waals surface area (Å²) in [7, 11) is -0.975. The monoisotopic (exact) mass is 267 g/mol. The van der Waals surface area contributed by atoms with Crippen LogP contribution in [0.3, 0.4) is 0 Å². The van der Waals surface area contributed by atoms with Gasteiger partial charge in [-0.2, -0.15) is 0 Å². The number of nitrogens with two attached hydrogens (primary N) is 1. The molecule has 1 aliphatic heterocycles. The third-order valence-corrected chi connectivity index (χ3v) is 5.08. The lowest BCUT2D eigenvalue weighted by Crippen LogP contribution is -2.24. The Balaban J connectivity index is 2.07. The summed E-state index contributed by atoms with van der Waals surface area (Å²) in [6.07, 6.45) is 0.883. The average Bonchev–Trinajstić information content (AvgIpc) is 2.76. The second kappa shape index (κ2) is 5.63. The Hall–Kier alpha value is -1.20. The maximum Gasteiger partial charge on any atom is 0.248 e. The van der Waals surface area contributed by atoms with Crippen molar-refractivity contribution in [2.75, 3.05) is 6.61 Å². The number of hydrogen-bond donors (Lipinski definition) is 1. The van der Waals surface area contributed by atoms with Crippen LogP contribution in [-0.4, -0.2) is 28.1 Å². The molecule has 4 nitrogen and oxygen atoms in total. The molecule has 1 fully saturated rings. The molecule has 1 heterocycles. The van der Waals surface area contributed by atoms with Gasteiger partial charge in [0, 0.05) is 28.7 Å². The van der Waals surface area contributed by atoms with Gasteiger partial charge in [0.25, 0.3) is 0 Å². The van der Waals surface area contributed by atoms with Crippen molar-refractivity contribution in [1.29, 1.82) is 0 Å². The lowest BCUT2D eigenvalue weighted by atomic mass is 10.1. The summed E-state index contributed by atoms with van der Waals surface area (Å²) in [6.45, 7) is 2.63. The summed E-state index contributed by atoms with van der Waals surface area (Å²) in [4.78, 5) is 11.1. The van der Waals surface area contributed by atoms with Crippen molar-refractivity contribution in [2.45, 2.75) is 30.5 Å². The summed E-state index contributed by atoms with van der Waals surface area (Å²) >= 11 is 0. The second-order valence-electron chi connectivity index (χ2n) is 4.49. The van der Waals surface area contributed by atoms with Gasteiger partial charge in [-0.05, 0) is 31.0 Å². The highest BCUT2D eigenvalue weighted by atomic mass is 32.2. The van der Waals surface area contributed by atoms with E-state index < -0.39 is 16.7 Å². The number of hydrogen-bond acceptors (Lipinski definition) is 3. The molecule has 5 heteroatoms. The molecule has 1 aromatic rings. The SMILES string of the molecule is C[C@H]1OCC[C@H]1[S@@](=O)Cc1cccc(C(N)=O)c1. The third kappa shape index (κ3) is 2.97. The molecule has 1 aliphatic rings. The Kier molecular flexibility index (Phi) is 4.14. The smallest absolute Gasteiger partial charge is 0.248 e. The third-order valence-electron chi connectivity index (χ3n) is 3.16. The highest BCUT2D eigenvalue weighted by molar-refractivity contribution is 7.84. The zero-order chi connectivity index (χ0) is 13.1. The minimum Gasteiger partial charge on any atom is -0.377 e. The molecule has 2 rings (SSSR count). The van der Waals surface area contributed by atoms with Crippen molar-refractivity contribution >= 4 is 16.7 Å². The maximum atomic E-state index is 12.2. The Labute approximate surface area is 109 Å². The van der Waals surface area contributed by atoms with E-state index in [1.165, 1.54) is 0 Å². The Morgan fingerprint density at radius 2 is 2.33 bits per heavy atom. The molecule has 0 radical (unpaired) electrons. The lowest BCUT2D eigenvalue weighted by molar-refractivity contribution is 0.1000. The lowest BCUT2D eigenvalue weighted by Gasteiger charge is -2.13. The predicted molar refractivity (Wildman–Crippen MR) is 70.6 cm³/mol. The first kappa shape index (κ1) is 13.2. The molecule has 18 heavy (non-hydrogen) atoms. The van der Waals surface area contributed by atoms with Crippen LogP contribution >= 0.6 is 0 Å². The van der Waals surface area contributed by atoms with Gasteiger partial charge in [-0.1, -0.05) is 12.1 Å². The standard InChI is InChI=1S/C13H17NO3S/c1-9-12(5-6-17-9)18(16)8-10-3-2-4-11(7-10)13(14)15/h2-4,7,9,12H,5-6,8H2,1H3,(H2,14,15)/t9-,12-,18+/m1/s1. The van der Waals surface area contributed by atoms with Crippen LogP contribution in [0.4, 0.5) is 0 Å². The van der Waals surface area contributed by atoms with Crippen molar-refractivity contribution in [1.82, 2.24) is 0 Å². The Morgan fingerprint density at radius 1 is 1.56 bits per heavy atom. The van der Waals surface area contributed by atoms with Crippen molar-refractivity contribution < 1.29 is 13.7 Å². The van der Waals surface area contributed by atoms with E-state index >= 15 is 0 Å². The number of primary amides is 1. The van der Waals surface area contributed by atoms with Crippen LogP contribution in [0, 0.1) is 0 Å². The van der Waals surface area contributed by atoms with Crippen LogP contribution in [0.5, 0.6) is 0 Å². The molecule has 1 aromatic carbocycles. The number of amides is 1. The van der Waals surface area contributed by atoms with E-state index in [-0.39, 0.29) is 11.4 Å². The van der Waals surface area contributed by atoms with Gasteiger partial charge in [0.15, 0.2) is 0 Å². The largest absolute Gasteiger partial charge is 0.377 e. The molecule has 0 aromatic heterocycles. The zero-order valence-corrected chi connectivity index (χ0v) is 11.1. The van der Waals surface area contributed by atoms with E-state index in [0.717, 1.165) is 12.0 Å². The summed E-state index contributed by atoms with van der Waals surface area (Å²) in [5.41, 5.74) is 6.56. The van der Waals surface area contributed by atoms with E-state index in [9.17, 15) is 9.00 Å². The van der Waals surface area contributed by atoms with Crippen molar-refractivity contribution in [2.24, 2.45) is 5.73 Å². The maximum absolute atomic E-state index is 12.2. The van der Waals surface area contributed by atoms with Crippen LogP contribution in [0.2, 0.25) is 0 Å². The molecular formula is C13H17NO3S. The van der Waals surface area contributed by atoms with Crippen LogP contribution in [-0.2, 0) is 21.3 Å². The predicted octanol–water partition coefficient (Wildman–Crippen LogP) is 1.21. The summed E-state index contributed by atoms with van der Waals surface area (Å²) in [6, 6.07) is 7.00. The fourth-order valence-corrected chi connectivity index (χ4v) is 3.73. The normalized spacial score (nSPS) is 24.9. The molecule has 3 atom stereocenters. The summed E-state index contributed by atoms with van der Waals surface area (Å²) in [5.74, 6) is -0.0142. The van der Waals surface area contributed by atoms with E-state index in [2.05, 4.69) is 0 Å². The molecule has 0 saturated carbocycles. The molecule has 2 N–H and O–H groups in total. The highest BCUT2D eigenvalue weighted by Crippen LogP contribution is 2.21. The molecule has 1 amide bonds. The molecule has 0 unspecified atom stereocenters. The second-order valence-corrected chi connectivity index (χ2v) is 6.15. The molecular weight excluding hydrogens is 250 g/mol. The van der Waals surface area contributed by atoms with Crippen LogP contribution in [0.15, 0.2) is 24.3 Å². The average molecular weight is 267 g/mol. The van der Waals surface area contributed by atoms with E-state index in [0.29, 0.717) is 17.9 Å². The molecule has 98 valence electrons. The van der Waals surface area contributed by atoms with Crippen molar-refractivity contribution in [3.63, 3.8) is 0 Å². The van der Waals surface area contributed by atoms with Crippen LogP contribution < -0.4 is 5.73 Å². The van der Waals surface area contributed by atoms with Gasteiger partial charge in [-0.15, -0.1) is 0 Å². The van der Waals surface area contributed by atoms with Gasteiger partial charge in [0.2, 0.25) is 5.91 Å². The fraction of sp³-hybridized carbons (Fsp3) is 0.462. The van der Waals surface area contributed by atoms with Crippen molar-refractivity contribution in [3.05, 3.63) is 35.4 Å². The quantitative estimate of drug-likeness (QED) is 0.891. The molecule has 0 aliphatic carbocycles. The summed E-state index contributed by atoms with van der Waals surface area (Å²) in [5, 5.41) is 0.0854. The number of rotatable bonds is 4. The van der Waals surface area contributed by atoms with Gasteiger partial charge in [-0.3, -0.25) is 9.00 Å². The van der Waals surface area contributed by atoms with Crippen LogP contribution in [0.1, 0.15) is 29.3 Å². The topological polar surface area (TPSA) is 69.4 Å². The van der Waals surface area contributed by atoms with E-state index in [4.69, 9.17) is 10.5 Å². The number of ether oxygens (including phenoxy) is 1. The van der Waals surface area contributed by atoms with Gasteiger partial charge < -0.3 is 10.5 Å². The number of carbonyl (C=O) groups excluding carboxylic acids is 1. The van der Waals surface area contributed by atoms with E-state index in [1.807, 2.05) is 13.0 Å². The Bertz CT molecular complexity index is 475. The Morgan fingerprint density at radius 3 is 2.94 bits per heavy atom. The minimum absolute atomic E-state index is 0.0464. The number of benzene rings is 1. The van der Waals surface area contributed by atoms with Crippen molar-refractivity contribution in [3.8, 4) is 0 Å². The van der Waals surface area contributed by atoms with Gasteiger partial charge in [0.05, 0.1) is 11.4 Å². The zero-order valence-electron chi connectivity index (χ0n) is 10.3. The minimum atomic E-state index is -0.975. The fourth-order valence-electron chi connectivity index (χ4n) is 2.14. The first-order valence-electron chi connectivity index (χ1n) is 5.95. The first-order chi connectivity index (χ1) is 8.58. The highest BCUT2D eigenvalue weighted by Gasteiger charge is 2.29. The molecule has 0 bridgehead atoms. The van der Waals surface area contributed by atoms with Gasteiger partial charge in [0.1, 0.15) is 0 Å². The van der Waals surface area contributed by atoms with Gasteiger partial charge in [-0.25, -0.2) is 0 Å². The van der Waals surface area contributed by atoms with Crippen LogP contribution in [0.25, 0.3) is 0 Å². The first-order valence-corrected chi connectivity index (χ1v) is 7.33. The molecule has 1 saturated heterocycles. The summed E-state index contributed by atoms with van der Waals surface area (Å²) < 4.78 is 17.6. The molecule has 0 spiro atoms. The number of carbonyl (C=O) groups is 1. The van der Waals surface area contributed by atoms with E-state index in [1.54, 1.807) is 18.2 Å². The van der Waals surface area contributed by atoms with Gasteiger partial charge >= 0.3 is 0 Å².